The summed E-state index contributed by atoms with van der Waals surface area (Å²) in [7, 11) is 0. The van der Waals surface area contributed by atoms with E-state index in [4.69, 9.17) is 9.47 Å². The largest absolute Gasteiger partial charge is 0.490 e. The summed E-state index contributed by atoms with van der Waals surface area (Å²) in [6.07, 6.45) is 0. The van der Waals surface area contributed by atoms with Crippen molar-refractivity contribution in [1.82, 2.24) is 5.32 Å². The maximum absolute atomic E-state index is 5.61. The second kappa shape index (κ2) is 7.56. The van der Waals surface area contributed by atoms with Crippen molar-refractivity contribution in [3.05, 3.63) is 22.2 Å². The lowest BCUT2D eigenvalue weighted by molar-refractivity contribution is 0.286. The highest BCUT2D eigenvalue weighted by Crippen LogP contribution is 2.36. The Hall–Kier alpha value is -0.740. The first-order chi connectivity index (χ1) is 8.22. The Morgan fingerprint density at radius 2 is 1.82 bits per heavy atom. The quantitative estimate of drug-likeness (QED) is 0.838. The van der Waals surface area contributed by atoms with Gasteiger partial charge in [0.2, 0.25) is 0 Å². The van der Waals surface area contributed by atoms with Crippen molar-refractivity contribution < 1.29 is 9.47 Å². The molecule has 0 aliphatic rings. The number of ether oxygens (including phenoxy) is 2. The van der Waals surface area contributed by atoms with E-state index in [-0.39, 0.29) is 0 Å². The summed E-state index contributed by atoms with van der Waals surface area (Å²) in [5.74, 6) is 1.59. The first kappa shape index (κ1) is 14.3. The maximum Gasteiger partial charge on any atom is 0.175 e. The van der Waals surface area contributed by atoms with Crippen LogP contribution in [0.4, 0.5) is 0 Å². The highest BCUT2D eigenvalue weighted by Gasteiger charge is 2.11. The minimum absolute atomic E-state index is 0.630. The molecule has 0 fully saturated rings. The molecule has 1 rings (SSSR count). The summed E-state index contributed by atoms with van der Waals surface area (Å²) in [5, 5.41) is 3.30. The third kappa shape index (κ3) is 4.21. The summed E-state index contributed by atoms with van der Waals surface area (Å²) >= 11 is 3.53. The fourth-order valence-corrected chi connectivity index (χ4v) is 2.14. The molecule has 0 saturated heterocycles. The van der Waals surface area contributed by atoms with Crippen molar-refractivity contribution in [2.24, 2.45) is 0 Å². The summed E-state index contributed by atoms with van der Waals surface area (Å²) < 4.78 is 12.1. The molecule has 0 atom stereocenters. The molecule has 0 heterocycles. The normalized spacial score (nSPS) is 10.4. The highest BCUT2D eigenvalue weighted by molar-refractivity contribution is 9.10. The Kier molecular flexibility index (Phi) is 6.37. The molecule has 0 aromatic heterocycles. The molecule has 0 spiro atoms. The predicted octanol–water partition coefficient (Wildman–Crippen LogP) is 3.36. The third-order valence-corrected chi connectivity index (χ3v) is 2.83. The van der Waals surface area contributed by atoms with E-state index in [9.17, 15) is 0 Å². The minimum atomic E-state index is 0.630. The monoisotopic (exact) mass is 301 g/mol. The molecule has 1 N–H and O–H groups in total. The number of nitrogens with one attached hydrogen (secondary N) is 1. The van der Waals surface area contributed by atoms with Crippen LogP contribution in [0, 0.1) is 0 Å². The summed E-state index contributed by atoms with van der Waals surface area (Å²) in [6.45, 7) is 9.08. The fraction of sp³-hybridized carbons (Fsp3) is 0.538. The van der Waals surface area contributed by atoms with Crippen LogP contribution in [0.2, 0.25) is 0 Å². The van der Waals surface area contributed by atoms with Crippen LogP contribution in [0.25, 0.3) is 0 Å². The van der Waals surface area contributed by atoms with E-state index in [1.807, 2.05) is 19.9 Å². The molecule has 1 aromatic rings. The Labute approximate surface area is 112 Å². The molecule has 96 valence electrons. The second-order valence-corrected chi connectivity index (χ2v) is 4.41. The summed E-state index contributed by atoms with van der Waals surface area (Å²) in [6, 6.07) is 4.10. The lowest BCUT2D eigenvalue weighted by Crippen LogP contribution is -2.12. The van der Waals surface area contributed by atoms with Gasteiger partial charge in [-0.1, -0.05) is 6.92 Å². The van der Waals surface area contributed by atoms with Gasteiger partial charge < -0.3 is 14.8 Å². The molecule has 0 amide bonds. The smallest absolute Gasteiger partial charge is 0.175 e. The molecule has 17 heavy (non-hydrogen) atoms. The first-order valence-electron chi connectivity index (χ1n) is 6.01. The Bertz CT molecular complexity index is 356. The Morgan fingerprint density at radius 3 is 2.41 bits per heavy atom. The molecule has 4 heteroatoms. The Balaban J connectivity index is 2.97. The molecular weight excluding hydrogens is 282 g/mol. The van der Waals surface area contributed by atoms with Gasteiger partial charge in [-0.3, -0.25) is 0 Å². The van der Waals surface area contributed by atoms with Crippen LogP contribution in [0.3, 0.4) is 0 Å². The molecule has 0 radical (unpaired) electrons. The number of hydrogen-bond donors (Lipinski definition) is 1. The lowest BCUT2D eigenvalue weighted by Gasteiger charge is -2.14. The maximum atomic E-state index is 5.61. The SMILES string of the molecule is CCNCc1cc(Br)c(OCC)c(OCC)c1. The van der Waals surface area contributed by atoms with Crippen molar-refractivity contribution in [1.29, 1.82) is 0 Å². The predicted molar refractivity (Wildman–Crippen MR) is 73.9 cm³/mol. The molecule has 0 bridgehead atoms. The van der Waals surface area contributed by atoms with Crippen LogP contribution in [-0.4, -0.2) is 19.8 Å². The van der Waals surface area contributed by atoms with Gasteiger partial charge in [-0.2, -0.15) is 0 Å². The van der Waals surface area contributed by atoms with Gasteiger partial charge in [0.25, 0.3) is 0 Å². The van der Waals surface area contributed by atoms with Crippen molar-refractivity contribution >= 4 is 15.9 Å². The van der Waals surface area contributed by atoms with Gasteiger partial charge in [-0.05, 0) is 54.0 Å². The Morgan fingerprint density at radius 1 is 1.12 bits per heavy atom. The van der Waals surface area contributed by atoms with E-state index in [0.29, 0.717) is 13.2 Å². The van der Waals surface area contributed by atoms with Crippen molar-refractivity contribution in [3.63, 3.8) is 0 Å². The van der Waals surface area contributed by atoms with Gasteiger partial charge in [0.15, 0.2) is 11.5 Å². The van der Waals surface area contributed by atoms with E-state index in [0.717, 1.165) is 29.1 Å². The average molecular weight is 302 g/mol. The minimum Gasteiger partial charge on any atom is -0.490 e. The van der Waals surface area contributed by atoms with Gasteiger partial charge >= 0.3 is 0 Å². The van der Waals surface area contributed by atoms with Gasteiger partial charge in [0.05, 0.1) is 17.7 Å². The van der Waals surface area contributed by atoms with Crippen molar-refractivity contribution in [2.75, 3.05) is 19.8 Å². The topological polar surface area (TPSA) is 30.5 Å². The average Bonchev–Trinajstić information content (AvgIpc) is 2.31. The summed E-state index contributed by atoms with van der Waals surface area (Å²) in [5.41, 5.74) is 1.19. The van der Waals surface area contributed by atoms with Crippen LogP contribution in [0.15, 0.2) is 16.6 Å². The van der Waals surface area contributed by atoms with E-state index < -0.39 is 0 Å². The summed E-state index contributed by atoms with van der Waals surface area (Å²) in [4.78, 5) is 0. The second-order valence-electron chi connectivity index (χ2n) is 3.55. The zero-order valence-electron chi connectivity index (χ0n) is 10.7. The van der Waals surface area contributed by atoms with E-state index in [1.165, 1.54) is 5.56 Å². The van der Waals surface area contributed by atoms with Crippen LogP contribution in [0.1, 0.15) is 26.3 Å². The zero-order valence-corrected chi connectivity index (χ0v) is 12.3. The molecule has 0 aliphatic carbocycles. The molecular formula is C13H20BrNO2. The molecule has 3 nitrogen and oxygen atoms in total. The van der Waals surface area contributed by atoms with E-state index in [1.54, 1.807) is 0 Å². The van der Waals surface area contributed by atoms with Crippen LogP contribution in [-0.2, 0) is 6.54 Å². The van der Waals surface area contributed by atoms with Crippen molar-refractivity contribution in [2.45, 2.75) is 27.3 Å². The molecule has 1 aromatic carbocycles. The number of rotatable bonds is 7. The number of halogens is 1. The van der Waals surface area contributed by atoms with E-state index >= 15 is 0 Å². The van der Waals surface area contributed by atoms with E-state index in [2.05, 4.69) is 34.2 Å². The molecule has 0 aliphatic heterocycles. The third-order valence-electron chi connectivity index (χ3n) is 2.24. The van der Waals surface area contributed by atoms with Crippen LogP contribution >= 0.6 is 15.9 Å². The fourth-order valence-electron chi connectivity index (χ4n) is 1.54. The first-order valence-corrected chi connectivity index (χ1v) is 6.80. The van der Waals surface area contributed by atoms with Gasteiger partial charge in [0.1, 0.15) is 0 Å². The van der Waals surface area contributed by atoms with Gasteiger partial charge in [-0.25, -0.2) is 0 Å². The van der Waals surface area contributed by atoms with Crippen LogP contribution in [0.5, 0.6) is 11.5 Å². The number of hydrogen-bond acceptors (Lipinski definition) is 3. The lowest BCUT2D eigenvalue weighted by atomic mass is 10.2. The van der Waals surface area contributed by atoms with Crippen molar-refractivity contribution in [3.8, 4) is 11.5 Å². The van der Waals surface area contributed by atoms with Gasteiger partial charge in [-0.15, -0.1) is 0 Å². The van der Waals surface area contributed by atoms with Crippen LogP contribution < -0.4 is 14.8 Å². The molecule has 0 saturated carbocycles. The zero-order chi connectivity index (χ0) is 12.7. The standard InChI is InChI=1S/C13H20BrNO2/c1-4-15-9-10-7-11(14)13(17-6-3)12(8-10)16-5-2/h7-8,15H,4-6,9H2,1-3H3. The van der Waals surface area contributed by atoms with Gasteiger partial charge in [0, 0.05) is 6.54 Å². The number of benzene rings is 1. The molecule has 0 unspecified atom stereocenters. The highest BCUT2D eigenvalue weighted by atomic mass is 79.9.